The molecular formula is C27H24Cl2N4O2. The summed E-state index contributed by atoms with van der Waals surface area (Å²) in [5, 5.41) is 4.33. The minimum absolute atomic E-state index is 0.0104. The van der Waals surface area contributed by atoms with Crippen LogP contribution in [-0.4, -0.2) is 40.2 Å². The number of halogens is 2. The van der Waals surface area contributed by atoms with E-state index < -0.39 is 5.41 Å². The molecule has 4 atom stereocenters. The molecule has 4 unspecified atom stereocenters. The number of carbonyl (C=O) groups excluding carboxylic acids is 2. The normalized spacial score (nSPS) is 29.5. The third kappa shape index (κ3) is 3.20. The summed E-state index contributed by atoms with van der Waals surface area (Å²) in [6, 6.07) is 14.1. The first-order valence-electron chi connectivity index (χ1n) is 11.6. The number of hydrogen-bond acceptors (Lipinski definition) is 3. The first-order chi connectivity index (χ1) is 16.7. The molecule has 2 aromatic carbocycles. The summed E-state index contributed by atoms with van der Waals surface area (Å²) in [5.41, 5.74) is 4.03. The van der Waals surface area contributed by atoms with E-state index in [0.717, 1.165) is 28.1 Å². The van der Waals surface area contributed by atoms with E-state index in [9.17, 15) is 9.59 Å². The monoisotopic (exact) mass is 506 g/mol. The smallest absolute Gasteiger partial charge is 0.326 e. The Labute approximate surface area is 213 Å². The van der Waals surface area contributed by atoms with Crippen LogP contribution in [0.5, 0.6) is 0 Å². The number of allylic oxidation sites excluding steroid dienone is 1. The Hall–Kier alpha value is -3.09. The number of aliphatic imine (C=N–C) groups is 1. The molecule has 6 rings (SSSR count). The first-order valence-corrected chi connectivity index (χ1v) is 12.4. The van der Waals surface area contributed by atoms with E-state index in [1.807, 2.05) is 36.4 Å². The molecular weight excluding hydrogens is 483 g/mol. The number of amidine groups is 1. The highest BCUT2D eigenvalue weighted by Gasteiger charge is 2.61. The second kappa shape index (κ2) is 7.70. The zero-order chi connectivity index (χ0) is 24.6. The van der Waals surface area contributed by atoms with Gasteiger partial charge < -0.3 is 5.32 Å². The number of nitrogens with zero attached hydrogens (tertiary/aromatic N) is 3. The molecule has 1 fully saturated rings. The van der Waals surface area contributed by atoms with Gasteiger partial charge in [-0.05, 0) is 55.8 Å². The zero-order valence-corrected chi connectivity index (χ0v) is 21.1. The molecule has 0 radical (unpaired) electrons. The molecule has 3 amide bonds. The van der Waals surface area contributed by atoms with Gasteiger partial charge in [-0.3, -0.25) is 19.6 Å². The van der Waals surface area contributed by atoms with Crippen molar-refractivity contribution in [3.63, 3.8) is 0 Å². The van der Waals surface area contributed by atoms with Gasteiger partial charge in [0, 0.05) is 27.2 Å². The molecule has 6 nitrogen and oxygen atoms in total. The Balaban J connectivity index is 1.60. The molecule has 1 N–H and O–H groups in total. The number of carbonyl (C=O) groups is 2. The Morgan fingerprint density at radius 3 is 2.31 bits per heavy atom. The number of hydrogen-bond donors (Lipinski definition) is 1. The maximum Gasteiger partial charge on any atom is 0.330 e. The van der Waals surface area contributed by atoms with E-state index in [1.165, 1.54) is 0 Å². The lowest BCUT2D eigenvalue weighted by molar-refractivity contribution is -0.122. The van der Waals surface area contributed by atoms with Crippen LogP contribution in [0.25, 0.3) is 0 Å². The van der Waals surface area contributed by atoms with Crippen LogP contribution in [0.15, 0.2) is 76.6 Å². The maximum absolute atomic E-state index is 14.1. The van der Waals surface area contributed by atoms with Crippen molar-refractivity contribution in [1.82, 2.24) is 15.1 Å². The maximum atomic E-state index is 14.1. The van der Waals surface area contributed by atoms with Crippen molar-refractivity contribution in [2.75, 3.05) is 6.54 Å². The van der Waals surface area contributed by atoms with Crippen LogP contribution in [0.4, 0.5) is 4.79 Å². The zero-order valence-electron chi connectivity index (χ0n) is 19.5. The molecule has 3 heterocycles. The van der Waals surface area contributed by atoms with Gasteiger partial charge in [-0.2, -0.15) is 0 Å². The van der Waals surface area contributed by atoms with Crippen LogP contribution >= 0.6 is 23.2 Å². The summed E-state index contributed by atoms with van der Waals surface area (Å²) in [5.74, 6) is 0.406. The van der Waals surface area contributed by atoms with Crippen molar-refractivity contribution in [1.29, 1.82) is 0 Å². The number of rotatable bonds is 2. The summed E-state index contributed by atoms with van der Waals surface area (Å²) < 4.78 is 0. The number of amides is 3. The Bertz CT molecular complexity index is 1360. The Kier molecular flexibility index (Phi) is 4.93. The predicted molar refractivity (Wildman–Crippen MR) is 136 cm³/mol. The van der Waals surface area contributed by atoms with E-state index in [4.69, 9.17) is 28.2 Å². The first kappa shape index (κ1) is 22.4. The summed E-state index contributed by atoms with van der Waals surface area (Å²) in [7, 11) is 0. The minimum Gasteiger partial charge on any atom is -0.326 e. The average Bonchev–Trinajstić information content (AvgIpc) is 3.23. The molecule has 178 valence electrons. The molecule has 0 saturated carbocycles. The van der Waals surface area contributed by atoms with Crippen LogP contribution in [0.2, 0.25) is 10.0 Å². The molecule has 0 bridgehead atoms. The van der Waals surface area contributed by atoms with Gasteiger partial charge >= 0.3 is 6.03 Å². The van der Waals surface area contributed by atoms with Crippen LogP contribution in [0.1, 0.15) is 37.9 Å². The molecule has 0 aromatic heterocycles. The lowest BCUT2D eigenvalue weighted by atomic mass is 9.66. The molecule has 1 saturated heterocycles. The third-order valence-electron chi connectivity index (χ3n) is 7.69. The van der Waals surface area contributed by atoms with E-state index >= 15 is 0 Å². The van der Waals surface area contributed by atoms with Gasteiger partial charge in [0.15, 0.2) is 0 Å². The van der Waals surface area contributed by atoms with Crippen molar-refractivity contribution < 1.29 is 9.59 Å². The summed E-state index contributed by atoms with van der Waals surface area (Å²) >= 11 is 12.3. The largest absolute Gasteiger partial charge is 0.330 e. The van der Waals surface area contributed by atoms with Crippen LogP contribution < -0.4 is 5.32 Å². The number of nitrogens with one attached hydrogen (secondary N) is 1. The highest BCUT2D eigenvalue weighted by atomic mass is 35.5. The third-order valence-corrected chi connectivity index (χ3v) is 8.19. The summed E-state index contributed by atoms with van der Waals surface area (Å²) in [4.78, 5) is 35.4. The van der Waals surface area contributed by atoms with Crippen molar-refractivity contribution in [3.8, 4) is 0 Å². The van der Waals surface area contributed by atoms with Gasteiger partial charge in [-0.15, -0.1) is 0 Å². The fourth-order valence-electron chi connectivity index (χ4n) is 6.00. The number of benzene rings is 2. The van der Waals surface area contributed by atoms with E-state index in [1.54, 1.807) is 21.9 Å². The molecule has 3 aliphatic heterocycles. The quantitative estimate of drug-likeness (QED) is 0.543. The molecule has 1 aliphatic carbocycles. The van der Waals surface area contributed by atoms with Gasteiger partial charge in [0.25, 0.3) is 0 Å². The number of fused-ring (bicyclic) bond motifs is 2. The predicted octanol–water partition coefficient (Wildman–Crippen LogP) is 5.54. The standard InChI is InChI=1S/C27H24Cl2N4O2/c1-14-12-27(3)23-21(15(14)2)30-20(34)13-32(23)26(35)33-24(27)22(16-4-8-18(28)9-5-16)31-25(33)17-6-10-19(29)11-7-17/h4-12,15,22,24H,13H2,1-3H3,(H,30,34). The second-order valence-electron chi connectivity index (χ2n) is 9.84. The van der Waals surface area contributed by atoms with Gasteiger partial charge in [-0.1, -0.05) is 53.9 Å². The average molecular weight is 507 g/mol. The Morgan fingerprint density at radius 1 is 1.03 bits per heavy atom. The Morgan fingerprint density at radius 2 is 1.66 bits per heavy atom. The molecule has 0 spiro atoms. The molecule has 4 aliphatic rings. The molecule has 2 aromatic rings. The van der Waals surface area contributed by atoms with Crippen molar-refractivity contribution >= 4 is 41.0 Å². The minimum atomic E-state index is -0.574. The van der Waals surface area contributed by atoms with E-state index in [0.29, 0.717) is 15.9 Å². The van der Waals surface area contributed by atoms with Gasteiger partial charge in [0.2, 0.25) is 5.91 Å². The van der Waals surface area contributed by atoms with Crippen molar-refractivity contribution in [3.05, 3.63) is 92.7 Å². The highest BCUT2D eigenvalue weighted by Crippen LogP contribution is 2.56. The fourth-order valence-corrected chi connectivity index (χ4v) is 6.25. The number of urea groups is 1. The molecule has 8 heteroatoms. The summed E-state index contributed by atoms with van der Waals surface area (Å²) in [6.45, 7) is 6.28. The lowest BCUT2D eigenvalue weighted by Gasteiger charge is -2.55. The summed E-state index contributed by atoms with van der Waals surface area (Å²) in [6.07, 6.45) is 2.26. The van der Waals surface area contributed by atoms with Crippen LogP contribution in [0, 0.1) is 11.3 Å². The van der Waals surface area contributed by atoms with E-state index in [2.05, 4.69) is 32.2 Å². The topological polar surface area (TPSA) is 65.0 Å². The van der Waals surface area contributed by atoms with Gasteiger partial charge in [-0.25, -0.2) is 4.79 Å². The fraction of sp³-hybridized carbons (Fsp3) is 0.296. The molecule has 35 heavy (non-hydrogen) atoms. The van der Waals surface area contributed by atoms with Gasteiger partial charge in [0.1, 0.15) is 12.4 Å². The van der Waals surface area contributed by atoms with Crippen molar-refractivity contribution in [2.24, 2.45) is 16.3 Å². The lowest BCUT2D eigenvalue weighted by Crippen LogP contribution is -2.66. The highest BCUT2D eigenvalue weighted by molar-refractivity contribution is 6.31. The second-order valence-corrected chi connectivity index (χ2v) is 10.7. The van der Waals surface area contributed by atoms with Crippen molar-refractivity contribution in [2.45, 2.75) is 32.9 Å². The van der Waals surface area contributed by atoms with Gasteiger partial charge in [0.05, 0.1) is 23.2 Å². The van der Waals surface area contributed by atoms with E-state index in [-0.39, 0.29) is 36.5 Å². The SMILES string of the molecule is CC1=CC2(C)C3=C(NC(=O)CN3C(=O)N3C(c4ccc(Cl)cc4)=NC(c4ccc(Cl)cc4)C32)C1C. The van der Waals surface area contributed by atoms with Crippen LogP contribution in [0.3, 0.4) is 0 Å². The van der Waals surface area contributed by atoms with Crippen LogP contribution in [-0.2, 0) is 4.79 Å².